The molecule has 4 nitrogen and oxygen atoms in total. The summed E-state index contributed by atoms with van der Waals surface area (Å²) in [7, 11) is 0. The Morgan fingerprint density at radius 2 is 1.78 bits per heavy atom. The Labute approximate surface area is 111 Å². The Morgan fingerprint density at radius 3 is 2.56 bits per heavy atom. The minimum absolute atomic E-state index is 0.110. The molecule has 0 fully saturated rings. The summed E-state index contributed by atoms with van der Waals surface area (Å²) < 4.78 is 1.09. The molecule has 0 saturated heterocycles. The van der Waals surface area contributed by atoms with E-state index >= 15 is 0 Å². The molecule has 18 heavy (non-hydrogen) atoms. The molecule has 0 bridgehead atoms. The third kappa shape index (κ3) is 1.66. The zero-order valence-corrected chi connectivity index (χ0v) is 11.8. The first-order chi connectivity index (χ1) is 8.66. The van der Waals surface area contributed by atoms with Crippen molar-refractivity contribution in [3.05, 3.63) is 52.6 Å². The van der Waals surface area contributed by atoms with E-state index in [0.717, 1.165) is 26.2 Å². The van der Waals surface area contributed by atoms with Gasteiger partial charge in [-0.2, -0.15) is 0 Å². The molecule has 0 spiro atoms. The van der Waals surface area contributed by atoms with Crippen molar-refractivity contribution in [2.24, 2.45) is 0 Å². The van der Waals surface area contributed by atoms with Gasteiger partial charge in [-0.1, -0.05) is 0 Å². The van der Waals surface area contributed by atoms with Crippen LogP contribution in [0.4, 0.5) is 5.69 Å². The number of aromatic nitrogens is 1. The fourth-order valence-electron chi connectivity index (χ4n) is 2.02. The summed E-state index contributed by atoms with van der Waals surface area (Å²) in [6.45, 7) is 0. The molecular weight excluding hydrogens is 291 g/mol. The first kappa shape index (κ1) is 11.2. The fraction of sp³-hybridized carbons (Fsp3) is 0. The number of nitro groups is 1. The minimum atomic E-state index is -0.374. The van der Waals surface area contributed by atoms with Gasteiger partial charge in [-0.05, 0) is 0 Å². The van der Waals surface area contributed by atoms with Crippen LogP contribution in [0.5, 0.6) is 0 Å². The summed E-state index contributed by atoms with van der Waals surface area (Å²) in [4.78, 5) is 15.0. The summed E-state index contributed by atoms with van der Waals surface area (Å²) in [5.74, 6) is 0. The number of rotatable bonds is 1. The van der Waals surface area contributed by atoms with Gasteiger partial charge in [-0.15, -0.1) is 0 Å². The number of hydrogen-bond donors (Lipinski definition) is 0. The average Bonchev–Trinajstić information content (AvgIpc) is 2.38. The van der Waals surface area contributed by atoms with Crippen molar-refractivity contribution in [2.75, 3.05) is 0 Å². The predicted molar refractivity (Wildman–Crippen MR) is 74.1 cm³/mol. The zero-order valence-electron chi connectivity index (χ0n) is 9.33. The fourth-order valence-corrected chi connectivity index (χ4v) is 3.02. The number of nitrogens with zero attached hydrogens (tertiary/aromatic N) is 2. The molecular formula is C13H9AsN2O2. The van der Waals surface area contributed by atoms with Crippen molar-refractivity contribution < 1.29 is 4.92 Å². The van der Waals surface area contributed by atoms with Gasteiger partial charge in [-0.3, -0.25) is 0 Å². The SMILES string of the molecule is O=[N+]([O-])c1ccc2nc3ccccc3c([AsH2])c2c1. The van der Waals surface area contributed by atoms with E-state index in [1.165, 1.54) is 22.9 Å². The summed E-state index contributed by atoms with van der Waals surface area (Å²) in [5.41, 5.74) is 1.84. The Balaban J connectivity index is 2.45. The molecule has 88 valence electrons. The van der Waals surface area contributed by atoms with Crippen molar-refractivity contribution in [3.63, 3.8) is 0 Å². The second-order valence-electron chi connectivity index (χ2n) is 4.00. The first-order valence-electron chi connectivity index (χ1n) is 5.39. The van der Waals surface area contributed by atoms with Crippen LogP contribution in [-0.2, 0) is 0 Å². The van der Waals surface area contributed by atoms with Crippen LogP contribution in [0.25, 0.3) is 21.8 Å². The van der Waals surface area contributed by atoms with Crippen LogP contribution in [0.15, 0.2) is 42.5 Å². The Bertz CT molecular complexity index is 786. The third-order valence-electron chi connectivity index (χ3n) is 2.92. The molecule has 5 heteroatoms. The van der Waals surface area contributed by atoms with Gasteiger partial charge in [0.25, 0.3) is 0 Å². The molecule has 1 heterocycles. The van der Waals surface area contributed by atoms with E-state index in [1.54, 1.807) is 12.1 Å². The monoisotopic (exact) mass is 300 g/mol. The van der Waals surface area contributed by atoms with E-state index < -0.39 is 0 Å². The number of hydrogen-bond acceptors (Lipinski definition) is 3. The number of para-hydroxylation sites is 1. The first-order valence-corrected chi connectivity index (χ1v) is 6.60. The number of pyridine rings is 1. The van der Waals surface area contributed by atoms with Crippen LogP contribution in [0.2, 0.25) is 0 Å². The number of nitro benzene ring substituents is 1. The maximum atomic E-state index is 10.8. The van der Waals surface area contributed by atoms with Gasteiger partial charge in [0.15, 0.2) is 0 Å². The molecule has 3 rings (SSSR count). The van der Waals surface area contributed by atoms with Crippen LogP contribution >= 0.6 is 0 Å². The van der Waals surface area contributed by atoms with E-state index in [9.17, 15) is 10.1 Å². The molecule has 0 aliphatic rings. The topological polar surface area (TPSA) is 56.0 Å². The molecule has 0 N–H and O–H groups in total. The van der Waals surface area contributed by atoms with E-state index in [2.05, 4.69) is 4.98 Å². The Morgan fingerprint density at radius 1 is 1.06 bits per heavy atom. The summed E-state index contributed by atoms with van der Waals surface area (Å²) in [5, 5.41) is 12.7. The summed E-state index contributed by atoms with van der Waals surface area (Å²) in [6.07, 6.45) is 0. The molecule has 0 saturated carbocycles. The number of non-ortho nitro benzene ring substituents is 1. The van der Waals surface area contributed by atoms with Crippen LogP contribution in [0.1, 0.15) is 0 Å². The van der Waals surface area contributed by atoms with Crippen LogP contribution in [0.3, 0.4) is 0 Å². The van der Waals surface area contributed by atoms with Crippen molar-refractivity contribution in [2.45, 2.75) is 0 Å². The molecule has 3 aromatic rings. The normalized spacial score (nSPS) is 10.9. The van der Waals surface area contributed by atoms with E-state index in [0.29, 0.717) is 0 Å². The number of benzene rings is 2. The third-order valence-corrected chi connectivity index (χ3v) is 4.22. The van der Waals surface area contributed by atoms with Crippen molar-refractivity contribution in [1.82, 2.24) is 4.98 Å². The quantitative estimate of drug-likeness (QED) is 0.296. The predicted octanol–water partition coefficient (Wildman–Crippen LogP) is 1.55. The molecule has 0 aliphatic carbocycles. The van der Waals surface area contributed by atoms with Gasteiger partial charge >= 0.3 is 111 Å². The second-order valence-corrected chi connectivity index (χ2v) is 5.21. The Kier molecular flexibility index (Phi) is 2.53. The van der Waals surface area contributed by atoms with E-state index in [-0.39, 0.29) is 10.6 Å². The Hall–Kier alpha value is -1.93. The van der Waals surface area contributed by atoms with E-state index in [4.69, 9.17) is 0 Å². The molecule has 0 aliphatic heterocycles. The van der Waals surface area contributed by atoms with Gasteiger partial charge < -0.3 is 0 Å². The van der Waals surface area contributed by atoms with E-state index in [1.807, 2.05) is 24.3 Å². The van der Waals surface area contributed by atoms with Gasteiger partial charge in [-0.25, -0.2) is 0 Å². The molecule has 1 unspecified atom stereocenters. The number of fused-ring (bicyclic) bond motifs is 2. The van der Waals surface area contributed by atoms with Gasteiger partial charge in [0.1, 0.15) is 0 Å². The average molecular weight is 300 g/mol. The van der Waals surface area contributed by atoms with Crippen LogP contribution < -0.4 is 4.35 Å². The van der Waals surface area contributed by atoms with Crippen molar-refractivity contribution in [1.29, 1.82) is 0 Å². The van der Waals surface area contributed by atoms with Crippen LogP contribution in [0, 0.1) is 10.1 Å². The zero-order chi connectivity index (χ0) is 12.7. The molecule has 1 aromatic heterocycles. The maximum absolute atomic E-state index is 10.8. The second kappa shape index (κ2) is 4.07. The molecule has 0 amide bonds. The van der Waals surface area contributed by atoms with Crippen molar-refractivity contribution >= 4 is 48.7 Å². The standard InChI is InChI=1S/C13H9AsN2O2/c14-13-9-3-1-2-4-11(9)15-12-6-5-8(16(17)18)7-10(12)13/h1-7H,14H2. The molecule has 0 radical (unpaired) electrons. The van der Waals surface area contributed by atoms with Gasteiger partial charge in [0, 0.05) is 0 Å². The summed E-state index contributed by atoms with van der Waals surface area (Å²) >= 11 is 1.46. The molecule has 2 aromatic carbocycles. The summed E-state index contributed by atoms with van der Waals surface area (Å²) in [6, 6.07) is 12.7. The van der Waals surface area contributed by atoms with Gasteiger partial charge in [0.2, 0.25) is 0 Å². The molecule has 1 atom stereocenters. The van der Waals surface area contributed by atoms with Gasteiger partial charge in [0.05, 0.1) is 0 Å². The van der Waals surface area contributed by atoms with Crippen LogP contribution in [-0.4, -0.2) is 26.8 Å². The van der Waals surface area contributed by atoms with Crippen molar-refractivity contribution in [3.8, 4) is 0 Å².